The van der Waals surface area contributed by atoms with Crippen molar-refractivity contribution in [3.05, 3.63) is 62.8 Å². The van der Waals surface area contributed by atoms with Crippen LogP contribution in [-0.4, -0.2) is 25.0 Å². The van der Waals surface area contributed by atoms with Gasteiger partial charge in [-0.2, -0.15) is 0 Å². The van der Waals surface area contributed by atoms with Gasteiger partial charge in [0, 0.05) is 0 Å². The molecule has 0 fully saturated rings. The summed E-state index contributed by atoms with van der Waals surface area (Å²) in [4.78, 5) is 13.7. The van der Waals surface area contributed by atoms with Crippen molar-refractivity contribution in [3.8, 4) is 11.5 Å². The summed E-state index contributed by atoms with van der Waals surface area (Å²) in [5, 5.41) is 10.9. The lowest BCUT2D eigenvalue weighted by atomic mass is 10.0. The van der Waals surface area contributed by atoms with Gasteiger partial charge in [-0.15, -0.1) is 0 Å². The second kappa shape index (κ2) is 6.48. The minimum absolute atomic E-state index is 0.124. The zero-order valence-electron chi connectivity index (χ0n) is 13.2. The molecule has 0 saturated carbocycles. The van der Waals surface area contributed by atoms with Gasteiger partial charge in [0.1, 0.15) is 12.3 Å². The number of allylic oxidation sites excluding steroid dienone is 1. The average Bonchev–Trinajstić information content (AvgIpc) is 2.82. The van der Waals surface area contributed by atoms with E-state index in [0.29, 0.717) is 39.0 Å². The maximum absolute atomic E-state index is 12.6. The number of phenols is 1. The Bertz CT molecular complexity index is 860. The fraction of sp³-hybridized carbons (Fsp3) is 0.167. The molecule has 1 aliphatic heterocycles. The Balaban J connectivity index is 2.01. The van der Waals surface area contributed by atoms with E-state index in [1.165, 1.54) is 6.07 Å². The lowest BCUT2D eigenvalue weighted by molar-refractivity contribution is -0.872. The van der Waals surface area contributed by atoms with Crippen LogP contribution in [0.1, 0.15) is 21.5 Å². The van der Waals surface area contributed by atoms with Gasteiger partial charge in [0.25, 0.3) is 0 Å². The maximum Gasteiger partial charge on any atom is 0.231 e. The Morgan fingerprint density at radius 2 is 1.92 bits per heavy atom. The van der Waals surface area contributed by atoms with E-state index in [4.69, 9.17) is 27.9 Å². The number of aromatic hydroxyl groups is 1. The lowest BCUT2D eigenvalue weighted by Gasteiger charge is -2.12. The van der Waals surface area contributed by atoms with Gasteiger partial charge >= 0.3 is 0 Å². The molecule has 0 unspecified atom stereocenters. The van der Waals surface area contributed by atoms with Crippen LogP contribution in [0, 0.1) is 0 Å². The molecular formula is C18H16Cl2NO3+. The summed E-state index contributed by atoms with van der Waals surface area (Å²) in [6.45, 7) is 0.544. The Hall–Kier alpha value is -2.01. The molecule has 24 heavy (non-hydrogen) atoms. The third-order valence-electron chi connectivity index (χ3n) is 3.69. The van der Waals surface area contributed by atoms with E-state index in [9.17, 15) is 9.90 Å². The highest BCUT2D eigenvalue weighted by molar-refractivity contribution is 6.42. The van der Waals surface area contributed by atoms with Crippen molar-refractivity contribution < 1.29 is 19.5 Å². The summed E-state index contributed by atoms with van der Waals surface area (Å²) in [6, 6.07) is 8.19. The molecule has 0 amide bonds. The minimum Gasteiger partial charge on any atom is -0.507 e. The smallest absolute Gasteiger partial charge is 0.231 e. The van der Waals surface area contributed by atoms with Gasteiger partial charge in [-0.3, -0.25) is 4.79 Å². The van der Waals surface area contributed by atoms with Gasteiger partial charge in [0.05, 0.1) is 35.3 Å². The number of rotatable bonds is 3. The minimum atomic E-state index is -0.217. The topological polar surface area (TPSA) is 51.0 Å². The van der Waals surface area contributed by atoms with Crippen LogP contribution in [0.15, 0.2) is 36.1 Å². The van der Waals surface area contributed by atoms with E-state index in [1.807, 2.05) is 14.1 Å². The molecule has 0 saturated heterocycles. The molecule has 2 aromatic carbocycles. The van der Waals surface area contributed by atoms with Crippen LogP contribution in [0.4, 0.5) is 0 Å². The number of carbonyl (C=O) groups excluding carboxylic acids is 1. The molecule has 1 aliphatic rings. The van der Waals surface area contributed by atoms with E-state index in [0.717, 1.165) is 4.90 Å². The average molecular weight is 365 g/mol. The summed E-state index contributed by atoms with van der Waals surface area (Å²) in [6.07, 6.45) is 1.62. The molecule has 4 nitrogen and oxygen atoms in total. The van der Waals surface area contributed by atoms with Gasteiger partial charge in [-0.1, -0.05) is 29.3 Å². The summed E-state index contributed by atoms with van der Waals surface area (Å²) in [5.41, 5.74) is 1.79. The summed E-state index contributed by atoms with van der Waals surface area (Å²) in [5.74, 6) is 0.529. The Kier molecular flexibility index (Phi) is 4.54. The zero-order valence-corrected chi connectivity index (χ0v) is 14.7. The van der Waals surface area contributed by atoms with Gasteiger partial charge in [-0.05, 0) is 35.9 Å². The van der Waals surface area contributed by atoms with Crippen molar-refractivity contribution in [2.45, 2.75) is 6.54 Å². The fourth-order valence-corrected chi connectivity index (χ4v) is 2.88. The van der Waals surface area contributed by atoms with Gasteiger partial charge in [-0.25, -0.2) is 0 Å². The fourth-order valence-electron chi connectivity index (χ4n) is 2.57. The molecule has 3 rings (SSSR count). The van der Waals surface area contributed by atoms with Crippen LogP contribution in [0.3, 0.4) is 0 Å². The molecule has 6 heteroatoms. The highest BCUT2D eigenvalue weighted by Gasteiger charge is 2.31. The van der Waals surface area contributed by atoms with Crippen molar-refractivity contribution in [1.29, 1.82) is 0 Å². The number of hydrogen-bond acceptors (Lipinski definition) is 3. The lowest BCUT2D eigenvalue weighted by Crippen LogP contribution is -3.04. The van der Waals surface area contributed by atoms with Crippen LogP contribution >= 0.6 is 23.2 Å². The van der Waals surface area contributed by atoms with E-state index in [-0.39, 0.29) is 17.3 Å². The van der Waals surface area contributed by atoms with Gasteiger partial charge < -0.3 is 14.7 Å². The molecule has 0 radical (unpaired) electrons. The number of ether oxygens (including phenoxy) is 1. The van der Waals surface area contributed by atoms with Crippen molar-refractivity contribution in [1.82, 2.24) is 0 Å². The largest absolute Gasteiger partial charge is 0.507 e. The summed E-state index contributed by atoms with van der Waals surface area (Å²) < 4.78 is 5.77. The van der Waals surface area contributed by atoms with Crippen molar-refractivity contribution in [3.63, 3.8) is 0 Å². The monoisotopic (exact) mass is 364 g/mol. The Morgan fingerprint density at radius 3 is 2.58 bits per heavy atom. The van der Waals surface area contributed by atoms with E-state index in [2.05, 4.69) is 0 Å². The van der Waals surface area contributed by atoms with Crippen LogP contribution in [0.25, 0.3) is 6.08 Å². The maximum atomic E-state index is 12.6. The molecule has 0 aliphatic carbocycles. The highest BCUT2D eigenvalue weighted by Crippen LogP contribution is 2.39. The Labute approximate surface area is 149 Å². The first-order valence-electron chi connectivity index (χ1n) is 7.40. The second-order valence-electron chi connectivity index (χ2n) is 5.94. The Morgan fingerprint density at radius 1 is 1.17 bits per heavy atom. The quantitative estimate of drug-likeness (QED) is 0.823. The first-order chi connectivity index (χ1) is 11.4. The predicted molar refractivity (Wildman–Crippen MR) is 94.0 cm³/mol. The molecular weight excluding hydrogens is 349 g/mol. The third kappa shape index (κ3) is 3.13. The molecule has 1 heterocycles. The zero-order chi connectivity index (χ0) is 17.4. The summed E-state index contributed by atoms with van der Waals surface area (Å²) >= 11 is 11.9. The number of Topliss-reactive ketones (excluding diaryl/α,β-unsaturated/α-hetero) is 1. The number of quaternary nitrogens is 1. The number of benzene rings is 2. The summed E-state index contributed by atoms with van der Waals surface area (Å²) in [7, 11) is 3.92. The van der Waals surface area contributed by atoms with E-state index in [1.54, 1.807) is 30.3 Å². The molecule has 124 valence electrons. The number of nitrogens with one attached hydrogen (secondary N) is 1. The van der Waals surface area contributed by atoms with Gasteiger partial charge in [0.15, 0.2) is 11.5 Å². The predicted octanol–water partition coefficient (Wildman–Crippen LogP) is 2.96. The first kappa shape index (κ1) is 16.8. The first-order valence-corrected chi connectivity index (χ1v) is 8.15. The molecule has 0 atom stereocenters. The second-order valence-corrected chi connectivity index (χ2v) is 6.75. The SMILES string of the molecule is C[NH+](C)Cc1c(O)ccc2c1O/C(=C/c1ccc(Cl)c(Cl)c1)C2=O. The van der Waals surface area contributed by atoms with Crippen LogP contribution < -0.4 is 9.64 Å². The number of fused-ring (bicyclic) bond motifs is 1. The number of halogens is 2. The van der Waals surface area contributed by atoms with Crippen LogP contribution in [0.5, 0.6) is 11.5 Å². The normalized spacial score (nSPS) is 15.0. The van der Waals surface area contributed by atoms with E-state index >= 15 is 0 Å². The standard InChI is InChI=1S/C18H15Cl2NO3/c1-21(2)9-12-15(22)6-4-11-17(23)16(24-18(11)12)8-10-3-5-13(19)14(20)7-10/h3-8,22H,9H2,1-2H3/p+1/b16-8+. The van der Waals surface area contributed by atoms with Crippen LogP contribution in [0.2, 0.25) is 10.0 Å². The number of phenolic OH excluding ortho intramolecular Hbond substituents is 1. The van der Waals surface area contributed by atoms with E-state index < -0.39 is 0 Å². The third-order valence-corrected chi connectivity index (χ3v) is 4.43. The molecule has 2 aromatic rings. The van der Waals surface area contributed by atoms with Crippen molar-refractivity contribution in [2.24, 2.45) is 0 Å². The number of hydrogen-bond donors (Lipinski definition) is 2. The van der Waals surface area contributed by atoms with Crippen LogP contribution in [-0.2, 0) is 6.54 Å². The number of ketones is 1. The number of carbonyl (C=O) groups is 1. The molecule has 0 aromatic heterocycles. The molecule has 0 spiro atoms. The molecule has 0 bridgehead atoms. The molecule has 2 N–H and O–H groups in total. The van der Waals surface area contributed by atoms with Crippen molar-refractivity contribution >= 4 is 35.1 Å². The van der Waals surface area contributed by atoms with Crippen molar-refractivity contribution in [2.75, 3.05) is 14.1 Å². The highest BCUT2D eigenvalue weighted by atomic mass is 35.5. The van der Waals surface area contributed by atoms with Gasteiger partial charge in [0.2, 0.25) is 5.78 Å².